The van der Waals surface area contributed by atoms with Crippen LogP contribution in [0.2, 0.25) is 0 Å². The van der Waals surface area contributed by atoms with Gasteiger partial charge in [0.1, 0.15) is 5.60 Å². The van der Waals surface area contributed by atoms with Crippen molar-refractivity contribution in [3.8, 4) is 0 Å². The second-order valence-electron chi connectivity index (χ2n) is 6.55. The molecule has 2 amide bonds. The SMILES string of the molecule is COC(=O)N1CC=CC12CCN(C(=O)OC(C)(C)C)CC2. The number of methoxy groups -OCH3 is 1. The third-order valence-corrected chi connectivity index (χ3v) is 3.93. The van der Waals surface area contributed by atoms with Gasteiger partial charge >= 0.3 is 12.2 Å². The lowest BCUT2D eigenvalue weighted by atomic mass is 9.87. The van der Waals surface area contributed by atoms with Gasteiger partial charge in [-0.05, 0) is 33.6 Å². The van der Waals surface area contributed by atoms with Crippen LogP contribution in [-0.2, 0) is 9.47 Å². The summed E-state index contributed by atoms with van der Waals surface area (Å²) in [5.74, 6) is 0. The fourth-order valence-electron chi connectivity index (χ4n) is 2.86. The third kappa shape index (κ3) is 3.31. The van der Waals surface area contributed by atoms with E-state index in [1.54, 1.807) is 9.80 Å². The first-order valence-corrected chi connectivity index (χ1v) is 7.29. The van der Waals surface area contributed by atoms with Crippen molar-refractivity contribution in [1.82, 2.24) is 9.80 Å². The number of likely N-dealkylation sites (tertiary alicyclic amines) is 1. The maximum Gasteiger partial charge on any atom is 0.410 e. The fourth-order valence-corrected chi connectivity index (χ4v) is 2.86. The zero-order valence-corrected chi connectivity index (χ0v) is 13.2. The van der Waals surface area contributed by atoms with Crippen LogP contribution in [0.3, 0.4) is 0 Å². The molecule has 1 spiro atoms. The smallest absolute Gasteiger partial charge is 0.410 e. The van der Waals surface area contributed by atoms with E-state index in [1.165, 1.54) is 7.11 Å². The molecule has 0 saturated carbocycles. The van der Waals surface area contributed by atoms with E-state index in [-0.39, 0.29) is 17.7 Å². The quantitative estimate of drug-likeness (QED) is 0.644. The molecule has 21 heavy (non-hydrogen) atoms. The van der Waals surface area contributed by atoms with Crippen molar-refractivity contribution in [3.05, 3.63) is 12.2 Å². The first kappa shape index (κ1) is 15.7. The van der Waals surface area contributed by atoms with E-state index in [0.29, 0.717) is 32.5 Å². The molecule has 2 rings (SSSR count). The van der Waals surface area contributed by atoms with Gasteiger partial charge in [-0.1, -0.05) is 12.2 Å². The number of hydrogen-bond donors (Lipinski definition) is 0. The van der Waals surface area contributed by atoms with Gasteiger partial charge in [0.2, 0.25) is 0 Å². The van der Waals surface area contributed by atoms with Gasteiger partial charge in [-0.3, -0.25) is 4.90 Å². The molecule has 0 bridgehead atoms. The molecule has 2 aliphatic heterocycles. The van der Waals surface area contributed by atoms with Gasteiger partial charge < -0.3 is 14.4 Å². The molecule has 0 aliphatic carbocycles. The van der Waals surface area contributed by atoms with Crippen molar-refractivity contribution in [2.24, 2.45) is 0 Å². The van der Waals surface area contributed by atoms with Crippen molar-refractivity contribution in [2.75, 3.05) is 26.7 Å². The van der Waals surface area contributed by atoms with Gasteiger partial charge in [0.05, 0.1) is 12.6 Å². The Morgan fingerprint density at radius 2 is 1.76 bits per heavy atom. The number of piperidine rings is 1. The van der Waals surface area contributed by atoms with Gasteiger partial charge in [-0.25, -0.2) is 9.59 Å². The van der Waals surface area contributed by atoms with Crippen LogP contribution in [0.1, 0.15) is 33.6 Å². The molecule has 1 fully saturated rings. The van der Waals surface area contributed by atoms with E-state index in [4.69, 9.17) is 9.47 Å². The van der Waals surface area contributed by atoms with E-state index in [9.17, 15) is 9.59 Å². The van der Waals surface area contributed by atoms with E-state index in [2.05, 4.69) is 6.08 Å². The van der Waals surface area contributed by atoms with Crippen LogP contribution in [0.5, 0.6) is 0 Å². The standard InChI is InChI=1S/C15H24N2O4/c1-14(2,3)21-12(18)16-10-7-15(8-11-16)6-5-9-17(15)13(19)20-4/h5-6H,7-11H2,1-4H3. The number of ether oxygens (including phenoxy) is 2. The maximum absolute atomic E-state index is 12.1. The first-order chi connectivity index (χ1) is 9.77. The molecule has 0 N–H and O–H groups in total. The summed E-state index contributed by atoms with van der Waals surface area (Å²) in [6.07, 6.45) is 4.86. The molecule has 6 heteroatoms. The Balaban J connectivity index is 1.98. The second-order valence-corrected chi connectivity index (χ2v) is 6.55. The first-order valence-electron chi connectivity index (χ1n) is 7.29. The summed E-state index contributed by atoms with van der Waals surface area (Å²) in [5.41, 5.74) is -0.802. The van der Waals surface area contributed by atoms with Gasteiger partial charge in [-0.15, -0.1) is 0 Å². The molecule has 0 atom stereocenters. The minimum Gasteiger partial charge on any atom is -0.453 e. The molecule has 0 aromatic heterocycles. The van der Waals surface area contributed by atoms with Gasteiger partial charge in [0.15, 0.2) is 0 Å². The van der Waals surface area contributed by atoms with Crippen molar-refractivity contribution in [1.29, 1.82) is 0 Å². The lowest BCUT2D eigenvalue weighted by Gasteiger charge is -2.43. The van der Waals surface area contributed by atoms with Crippen LogP contribution < -0.4 is 0 Å². The monoisotopic (exact) mass is 296 g/mol. The molecule has 0 aromatic carbocycles. The Labute approximate surface area is 125 Å². The molecule has 1 saturated heterocycles. The zero-order chi connectivity index (χ0) is 15.7. The Morgan fingerprint density at radius 1 is 1.14 bits per heavy atom. The average Bonchev–Trinajstić information content (AvgIpc) is 2.80. The molecule has 2 heterocycles. The minimum atomic E-state index is -0.489. The number of carbonyl (C=O) groups is 2. The van der Waals surface area contributed by atoms with Crippen molar-refractivity contribution in [3.63, 3.8) is 0 Å². The summed E-state index contributed by atoms with van der Waals surface area (Å²) < 4.78 is 10.2. The van der Waals surface area contributed by atoms with E-state index >= 15 is 0 Å². The highest BCUT2D eigenvalue weighted by molar-refractivity contribution is 5.71. The summed E-state index contributed by atoms with van der Waals surface area (Å²) in [4.78, 5) is 27.4. The normalized spacial score (nSPS) is 20.8. The number of amides is 2. The summed E-state index contributed by atoms with van der Waals surface area (Å²) in [6, 6.07) is 0. The average molecular weight is 296 g/mol. The molecule has 0 aromatic rings. The predicted octanol–water partition coefficient (Wildman–Crippen LogP) is 2.39. The molecule has 6 nitrogen and oxygen atoms in total. The lowest BCUT2D eigenvalue weighted by Crippen LogP contribution is -2.55. The largest absolute Gasteiger partial charge is 0.453 e. The molecule has 118 valence electrons. The Kier molecular flexibility index (Phi) is 4.16. The van der Waals surface area contributed by atoms with Gasteiger partial charge in [0.25, 0.3) is 0 Å². The number of rotatable bonds is 0. The highest BCUT2D eigenvalue weighted by atomic mass is 16.6. The van der Waals surface area contributed by atoms with Crippen LogP contribution in [0, 0.1) is 0 Å². The van der Waals surface area contributed by atoms with Gasteiger partial charge in [-0.2, -0.15) is 0 Å². The molecule has 0 radical (unpaired) electrons. The number of hydrogen-bond acceptors (Lipinski definition) is 4. The highest BCUT2D eigenvalue weighted by Gasteiger charge is 2.44. The summed E-state index contributed by atoms with van der Waals surface area (Å²) in [6.45, 7) is 7.29. The molecule has 2 aliphatic rings. The fraction of sp³-hybridized carbons (Fsp3) is 0.733. The summed E-state index contributed by atoms with van der Waals surface area (Å²) in [7, 11) is 1.39. The van der Waals surface area contributed by atoms with Crippen LogP contribution in [-0.4, -0.2) is 59.9 Å². The predicted molar refractivity (Wildman–Crippen MR) is 78.0 cm³/mol. The Bertz CT molecular complexity index is 445. The Morgan fingerprint density at radius 3 is 2.29 bits per heavy atom. The van der Waals surface area contributed by atoms with E-state index in [0.717, 1.165) is 0 Å². The summed E-state index contributed by atoms with van der Waals surface area (Å²) in [5, 5.41) is 0. The maximum atomic E-state index is 12.1. The van der Waals surface area contributed by atoms with Crippen LogP contribution in [0.4, 0.5) is 9.59 Å². The molecular formula is C15H24N2O4. The van der Waals surface area contributed by atoms with Crippen LogP contribution in [0.25, 0.3) is 0 Å². The number of carbonyl (C=O) groups excluding carboxylic acids is 2. The topological polar surface area (TPSA) is 59.1 Å². The third-order valence-electron chi connectivity index (χ3n) is 3.93. The van der Waals surface area contributed by atoms with Gasteiger partial charge in [0, 0.05) is 19.6 Å². The van der Waals surface area contributed by atoms with Crippen molar-refractivity contribution >= 4 is 12.2 Å². The number of nitrogens with zero attached hydrogens (tertiary/aromatic N) is 2. The summed E-state index contributed by atoms with van der Waals surface area (Å²) >= 11 is 0. The lowest BCUT2D eigenvalue weighted by molar-refractivity contribution is 0.00889. The van der Waals surface area contributed by atoms with E-state index in [1.807, 2.05) is 26.8 Å². The van der Waals surface area contributed by atoms with Crippen LogP contribution in [0.15, 0.2) is 12.2 Å². The van der Waals surface area contributed by atoms with Crippen LogP contribution >= 0.6 is 0 Å². The zero-order valence-electron chi connectivity index (χ0n) is 13.2. The minimum absolute atomic E-state index is 0.288. The van der Waals surface area contributed by atoms with Crippen molar-refractivity contribution < 1.29 is 19.1 Å². The molecule has 0 unspecified atom stereocenters. The highest BCUT2D eigenvalue weighted by Crippen LogP contribution is 2.34. The van der Waals surface area contributed by atoms with Crippen molar-refractivity contribution in [2.45, 2.75) is 44.8 Å². The second kappa shape index (κ2) is 5.58. The van der Waals surface area contributed by atoms with E-state index < -0.39 is 5.60 Å². The Hall–Kier alpha value is -1.72. The molecular weight excluding hydrogens is 272 g/mol.